The topological polar surface area (TPSA) is 90.7 Å². The molecule has 0 saturated carbocycles. The standard InChI is InChI=1S/C19H17BrN2O5S2/c1-11-8-15-16(26-10-25-15)9-14(11)5-3-4-13-6-7-28-19(13)29(23,24)22-18-17(20)12(2)21-27-18/h3,5-9,22H,4,10H2,1-2H3/b5-3+. The van der Waals surface area contributed by atoms with Crippen LogP contribution >= 0.6 is 27.3 Å². The molecule has 1 aliphatic heterocycles. The van der Waals surface area contributed by atoms with Crippen molar-refractivity contribution in [3.8, 4) is 11.5 Å². The number of thiophene rings is 1. The highest BCUT2D eigenvalue weighted by molar-refractivity contribution is 9.10. The summed E-state index contributed by atoms with van der Waals surface area (Å²) in [5.74, 6) is 1.52. The first-order valence-electron chi connectivity index (χ1n) is 8.63. The van der Waals surface area contributed by atoms with E-state index in [2.05, 4.69) is 25.8 Å². The zero-order valence-electron chi connectivity index (χ0n) is 15.6. The van der Waals surface area contributed by atoms with Crippen molar-refractivity contribution in [2.24, 2.45) is 0 Å². The number of fused-ring (bicyclic) bond motifs is 1. The molecule has 0 aliphatic carbocycles. The molecule has 0 radical (unpaired) electrons. The minimum Gasteiger partial charge on any atom is -0.454 e. The Balaban J connectivity index is 1.52. The third kappa shape index (κ3) is 4.05. The number of aryl methyl sites for hydroxylation is 2. The molecule has 0 atom stereocenters. The molecule has 7 nitrogen and oxygen atoms in total. The van der Waals surface area contributed by atoms with E-state index in [9.17, 15) is 8.42 Å². The number of halogens is 1. The second kappa shape index (κ2) is 7.85. The summed E-state index contributed by atoms with van der Waals surface area (Å²) in [6, 6.07) is 5.66. The third-order valence-electron chi connectivity index (χ3n) is 4.36. The van der Waals surface area contributed by atoms with Crippen LogP contribution in [0, 0.1) is 13.8 Å². The molecule has 0 amide bonds. The fraction of sp³-hybridized carbons (Fsp3) is 0.211. The number of ether oxygens (including phenoxy) is 2. The Hall–Kier alpha value is -2.30. The van der Waals surface area contributed by atoms with Gasteiger partial charge in [-0.05, 0) is 76.5 Å². The lowest BCUT2D eigenvalue weighted by Gasteiger charge is -2.06. The third-order valence-corrected chi connectivity index (χ3v) is 8.20. The lowest BCUT2D eigenvalue weighted by Crippen LogP contribution is -2.13. The van der Waals surface area contributed by atoms with Crippen molar-refractivity contribution in [2.75, 3.05) is 11.5 Å². The van der Waals surface area contributed by atoms with E-state index >= 15 is 0 Å². The van der Waals surface area contributed by atoms with Gasteiger partial charge in [-0.3, -0.25) is 0 Å². The number of hydrogen-bond acceptors (Lipinski definition) is 7. The van der Waals surface area contributed by atoms with Gasteiger partial charge in [-0.2, -0.15) is 0 Å². The van der Waals surface area contributed by atoms with Gasteiger partial charge in [-0.1, -0.05) is 17.3 Å². The van der Waals surface area contributed by atoms with Crippen LogP contribution in [-0.4, -0.2) is 20.4 Å². The molecule has 1 aromatic carbocycles. The smallest absolute Gasteiger partial charge is 0.274 e. The molecule has 3 heterocycles. The van der Waals surface area contributed by atoms with Gasteiger partial charge in [-0.15, -0.1) is 11.3 Å². The summed E-state index contributed by atoms with van der Waals surface area (Å²) in [5, 5.41) is 5.50. The highest BCUT2D eigenvalue weighted by atomic mass is 79.9. The maximum absolute atomic E-state index is 12.8. The number of rotatable bonds is 6. The molecule has 0 unspecified atom stereocenters. The molecule has 10 heteroatoms. The van der Waals surface area contributed by atoms with Crippen molar-refractivity contribution < 1.29 is 22.4 Å². The van der Waals surface area contributed by atoms with Crippen LogP contribution in [0.4, 0.5) is 5.88 Å². The number of allylic oxidation sites excluding steroid dienone is 1. The molecule has 0 saturated heterocycles. The molecule has 152 valence electrons. The number of nitrogens with one attached hydrogen (secondary N) is 1. The second-order valence-corrected chi connectivity index (χ2v) is 10.0. The van der Waals surface area contributed by atoms with E-state index in [1.165, 1.54) is 0 Å². The molecule has 2 aromatic heterocycles. The number of nitrogens with zero attached hydrogens (tertiary/aromatic N) is 1. The molecule has 1 N–H and O–H groups in total. The summed E-state index contributed by atoms with van der Waals surface area (Å²) in [5.41, 5.74) is 3.31. The van der Waals surface area contributed by atoms with Crippen molar-refractivity contribution in [3.05, 3.63) is 56.5 Å². The Bertz CT molecular complexity index is 1200. The van der Waals surface area contributed by atoms with Gasteiger partial charge in [0.05, 0.1) is 5.69 Å². The van der Waals surface area contributed by atoms with Crippen molar-refractivity contribution in [2.45, 2.75) is 24.5 Å². The number of benzene rings is 1. The Morgan fingerprint density at radius 1 is 1.28 bits per heavy atom. The quantitative estimate of drug-likeness (QED) is 0.521. The van der Waals surface area contributed by atoms with Crippen LogP contribution in [0.25, 0.3) is 6.08 Å². The SMILES string of the molecule is Cc1cc2c(cc1/C=C/Cc1ccsc1S(=O)(=O)Nc1onc(C)c1Br)OCO2. The summed E-state index contributed by atoms with van der Waals surface area (Å²) in [6.45, 7) is 3.93. The Morgan fingerprint density at radius 2 is 2.03 bits per heavy atom. The number of sulfonamides is 1. The van der Waals surface area contributed by atoms with Gasteiger partial charge in [-0.25, -0.2) is 13.1 Å². The van der Waals surface area contributed by atoms with Crippen LogP contribution in [0.5, 0.6) is 11.5 Å². The van der Waals surface area contributed by atoms with Crippen LogP contribution < -0.4 is 14.2 Å². The zero-order valence-corrected chi connectivity index (χ0v) is 18.8. The summed E-state index contributed by atoms with van der Waals surface area (Å²) in [6.07, 6.45) is 4.35. The maximum Gasteiger partial charge on any atom is 0.274 e. The lowest BCUT2D eigenvalue weighted by molar-refractivity contribution is 0.174. The average molecular weight is 497 g/mol. The van der Waals surface area contributed by atoms with Gasteiger partial charge in [0.15, 0.2) is 11.5 Å². The molecule has 0 spiro atoms. The van der Waals surface area contributed by atoms with E-state index in [4.69, 9.17) is 14.0 Å². The molecule has 3 aromatic rings. The van der Waals surface area contributed by atoms with Crippen LogP contribution in [0.2, 0.25) is 0 Å². The first kappa shape index (κ1) is 20.0. The summed E-state index contributed by atoms with van der Waals surface area (Å²) in [4.78, 5) is 0. The molecule has 0 fully saturated rings. The molecule has 0 bridgehead atoms. The number of anilines is 1. The van der Waals surface area contributed by atoms with Gasteiger partial charge >= 0.3 is 0 Å². The molecular weight excluding hydrogens is 480 g/mol. The average Bonchev–Trinajstić information content (AvgIpc) is 3.39. The highest BCUT2D eigenvalue weighted by Gasteiger charge is 2.23. The van der Waals surface area contributed by atoms with Crippen molar-refractivity contribution in [1.82, 2.24) is 5.16 Å². The highest BCUT2D eigenvalue weighted by Crippen LogP contribution is 2.35. The van der Waals surface area contributed by atoms with E-state index < -0.39 is 10.0 Å². The van der Waals surface area contributed by atoms with Crippen LogP contribution in [0.1, 0.15) is 22.4 Å². The van der Waals surface area contributed by atoms with Crippen molar-refractivity contribution >= 4 is 49.3 Å². The van der Waals surface area contributed by atoms with Crippen LogP contribution in [0.15, 0.2) is 42.9 Å². The minimum atomic E-state index is -3.79. The first-order chi connectivity index (χ1) is 13.8. The number of hydrogen-bond donors (Lipinski definition) is 1. The van der Waals surface area contributed by atoms with Gasteiger partial charge in [0.1, 0.15) is 8.68 Å². The second-order valence-electron chi connectivity index (χ2n) is 6.42. The largest absolute Gasteiger partial charge is 0.454 e. The Labute approximate surface area is 180 Å². The van der Waals surface area contributed by atoms with E-state index in [0.29, 0.717) is 27.9 Å². The van der Waals surface area contributed by atoms with Gasteiger partial charge in [0.2, 0.25) is 6.79 Å². The zero-order chi connectivity index (χ0) is 20.6. The van der Waals surface area contributed by atoms with Gasteiger partial charge in [0, 0.05) is 0 Å². The maximum atomic E-state index is 12.8. The van der Waals surface area contributed by atoms with E-state index in [1.54, 1.807) is 18.4 Å². The monoisotopic (exact) mass is 496 g/mol. The Morgan fingerprint density at radius 3 is 2.76 bits per heavy atom. The van der Waals surface area contributed by atoms with Crippen molar-refractivity contribution in [3.63, 3.8) is 0 Å². The van der Waals surface area contributed by atoms with E-state index in [-0.39, 0.29) is 16.9 Å². The van der Waals surface area contributed by atoms with E-state index in [1.807, 2.05) is 31.2 Å². The minimum absolute atomic E-state index is 0.0633. The summed E-state index contributed by atoms with van der Waals surface area (Å²) in [7, 11) is -3.79. The fourth-order valence-corrected chi connectivity index (χ4v) is 5.66. The molecular formula is C19H17BrN2O5S2. The summed E-state index contributed by atoms with van der Waals surface area (Å²) < 4.78 is 44.6. The predicted octanol–water partition coefficient (Wildman–Crippen LogP) is 4.90. The molecule has 29 heavy (non-hydrogen) atoms. The van der Waals surface area contributed by atoms with Gasteiger partial charge in [0.25, 0.3) is 15.9 Å². The molecule has 4 rings (SSSR count). The van der Waals surface area contributed by atoms with Crippen LogP contribution in [0.3, 0.4) is 0 Å². The predicted molar refractivity (Wildman–Crippen MR) is 114 cm³/mol. The molecule has 1 aliphatic rings. The summed E-state index contributed by atoms with van der Waals surface area (Å²) >= 11 is 4.43. The first-order valence-corrected chi connectivity index (χ1v) is 11.8. The van der Waals surface area contributed by atoms with Crippen molar-refractivity contribution in [1.29, 1.82) is 0 Å². The number of aromatic nitrogens is 1. The normalized spacial score (nSPS) is 13.3. The Kier molecular flexibility index (Phi) is 5.41. The van der Waals surface area contributed by atoms with E-state index in [0.717, 1.165) is 28.2 Å². The van der Waals surface area contributed by atoms with Crippen LogP contribution in [-0.2, 0) is 16.4 Å². The fourth-order valence-electron chi connectivity index (χ4n) is 2.85. The van der Waals surface area contributed by atoms with Gasteiger partial charge < -0.3 is 14.0 Å². The lowest BCUT2D eigenvalue weighted by atomic mass is 10.1.